The van der Waals surface area contributed by atoms with Crippen LogP contribution in [0.4, 0.5) is 0 Å². The zero-order valence-electron chi connectivity index (χ0n) is 21.7. The third-order valence-corrected chi connectivity index (χ3v) is 6.86. The summed E-state index contributed by atoms with van der Waals surface area (Å²) in [5.41, 5.74) is 5.77. The Hall–Kier alpha value is -3.56. The first-order chi connectivity index (χ1) is 18.4. The molecule has 6 heteroatoms. The second-order valence-electron chi connectivity index (χ2n) is 9.28. The molecule has 0 amide bonds. The fourth-order valence-corrected chi connectivity index (χ4v) is 4.48. The van der Waals surface area contributed by atoms with E-state index in [1.807, 2.05) is 67.6 Å². The third-order valence-electron chi connectivity index (χ3n) is 6.61. The van der Waals surface area contributed by atoms with Crippen LogP contribution in [0.1, 0.15) is 40.7 Å². The molecule has 0 aromatic heterocycles. The molecular weight excluding hydrogens is 498 g/mol. The Bertz CT molecular complexity index is 1330. The van der Waals surface area contributed by atoms with Gasteiger partial charge in [0.1, 0.15) is 12.4 Å². The number of ether oxygens (including phenoxy) is 2. The van der Waals surface area contributed by atoms with E-state index in [9.17, 15) is 9.90 Å². The van der Waals surface area contributed by atoms with E-state index in [-0.39, 0.29) is 0 Å². The van der Waals surface area contributed by atoms with E-state index in [4.69, 9.17) is 21.1 Å². The zero-order valence-corrected chi connectivity index (χ0v) is 22.5. The molecule has 1 saturated heterocycles. The maximum Gasteiger partial charge on any atom is 0.310 e. The number of nitrogens with zero attached hydrogens (tertiary/aromatic N) is 1. The van der Waals surface area contributed by atoms with Gasteiger partial charge < -0.3 is 14.6 Å². The number of benzene rings is 3. The van der Waals surface area contributed by atoms with Crippen LogP contribution < -0.4 is 4.74 Å². The molecule has 1 aliphatic heterocycles. The van der Waals surface area contributed by atoms with Gasteiger partial charge in [0, 0.05) is 23.7 Å². The monoisotopic (exact) mass is 529 g/mol. The van der Waals surface area contributed by atoms with Crippen molar-refractivity contribution in [1.29, 1.82) is 0 Å². The van der Waals surface area contributed by atoms with Gasteiger partial charge in [0.2, 0.25) is 0 Å². The van der Waals surface area contributed by atoms with Gasteiger partial charge in [0.15, 0.2) is 0 Å². The molecule has 1 atom stereocenters. The number of carboxylic acid groups (broad SMARTS) is 1. The van der Waals surface area contributed by atoms with Gasteiger partial charge in [-0.15, -0.1) is 0 Å². The van der Waals surface area contributed by atoms with Crippen molar-refractivity contribution in [2.75, 3.05) is 39.5 Å². The Kier molecular flexibility index (Phi) is 9.62. The van der Waals surface area contributed by atoms with Crippen LogP contribution in [0.5, 0.6) is 5.75 Å². The number of aryl methyl sites for hydroxylation is 1. The minimum absolute atomic E-state index is 0.354. The van der Waals surface area contributed by atoms with Crippen LogP contribution in [-0.2, 0) is 9.53 Å². The molecule has 5 nitrogen and oxygen atoms in total. The lowest BCUT2D eigenvalue weighted by molar-refractivity contribution is -0.138. The standard InChI is InChI=1S/C32H32ClNO4/c1-23-22-29(13-14-30(23)24(2)32(35)36)38-19-15-31(27-9-11-28(33)12-10-27)26-7-5-25(6-8-26)4-3-16-34-17-20-37-21-18-34/h5-15,22,24H,16-21H2,1-2H3,(H,35,36). The first kappa shape index (κ1) is 27.5. The quantitative estimate of drug-likeness (QED) is 0.361. The van der Waals surface area contributed by atoms with E-state index in [1.54, 1.807) is 6.92 Å². The van der Waals surface area contributed by atoms with E-state index in [0.717, 1.165) is 66.2 Å². The Labute approximate surface area is 229 Å². The van der Waals surface area contributed by atoms with Crippen LogP contribution >= 0.6 is 11.6 Å². The summed E-state index contributed by atoms with van der Waals surface area (Å²) in [4.78, 5) is 13.7. The average molecular weight is 530 g/mol. The van der Waals surface area contributed by atoms with Crippen LogP contribution in [0.2, 0.25) is 5.02 Å². The first-order valence-electron chi connectivity index (χ1n) is 12.7. The zero-order chi connectivity index (χ0) is 26.9. The normalized spacial score (nSPS) is 14.9. The molecule has 0 aliphatic carbocycles. The largest absolute Gasteiger partial charge is 0.490 e. The van der Waals surface area contributed by atoms with Crippen molar-refractivity contribution in [2.24, 2.45) is 0 Å². The second kappa shape index (κ2) is 13.3. The van der Waals surface area contributed by atoms with Gasteiger partial charge >= 0.3 is 5.97 Å². The van der Waals surface area contributed by atoms with Gasteiger partial charge in [-0.2, -0.15) is 0 Å². The van der Waals surface area contributed by atoms with Crippen molar-refractivity contribution < 1.29 is 19.4 Å². The van der Waals surface area contributed by atoms with Crippen LogP contribution in [0.15, 0.2) is 72.8 Å². The highest BCUT2D eigenvalue weighted by molar-refractivity contribution is 6.30. The first-order valence-corrected chi connectivity index (χ1v) is 13.1. The molecule has 0 radical (unpaired) electrons. The third kappa shape index (κ3) is 7.49. The van der Waals surface area contributed by atoms with Crippen LogP contribution in [0, 0.1) is 18.8 Å². The summed E-state index contributed by atoms with van der Waals surface area (Å²) in [7, 11) is 0. The lowest BCUT2D eigenvalue weighted by Crippen LogP contribution is -2.36. The van der Waals surface area contributed by atoms with E-state index < -0.39 is 11.9 Å². The highest BCUT2D eigenvalue weighted by Crippen LogP contribution is 2.27. The molecule has 1 aliphatic rings. The summed E-state index contributed by atoms with van der Waals surface area (Å²) in [5.74, 6) is 5.83. The number of hydrogen-bond acceptors (Lipinski definition) is 4. The van der Waals surface area contributed by atoms with E-state index in [2.05, 4.69) is 28.9 Å². The Morgan fingerprint density at radius 2 is 1.74 bits per heavy atom. The van der Waals surface area contributed by atoms with Gasteiger partial charge in [-0.1, -0.05) is 53.8 Å². The van der Waals surface area contributed by atoms with Gasteiger partial charge in [-0.05, 0) is 84.1 Å². The number of aliphatic carboxylic acids is 1. The van der Waals surface area contributed by atoms with Crippen LogP contribution in [0.25, 0.3) is 5.57 Å². The van der Waals surface area contributed by atoms with Crippen molar-refractivity contribution in [2.45, 2.75) is 19.8 Å². The predicted molar refractivity (Wildman–Crippen MR) is 152 cm³/mol. The van der Waals surface area contributed by atoms with Crippen molar-refractivity contribution in [3.05, 3.63) is 106 Å². The number of carbonyl (C=O) groups is 1. The van der Waals surface area contributed by atoms with Crippen LogP contribution in [0.3, 0.4) is 0 Å². The second-order valence-corrected chi connectivity index (χ2v) is 9.72. The van der Waals surface area contributed by atoms with Crippen molar-refractivity contribution in [3.8, 4) is 17.6 Å². The number of morpholine rings is 1. The van der Waals surface area contributed by atoms with Gasteiger partial charge in [0.05, 0.1) is 25.7 Å². The maximum absolute atomic E-state index is 11.4. The Balaban J connectivity index is 1.49. The number of rotatable bonds is 8. The van der Waals surface area contributed by atoms with Gasteiger partial charge in [-0.25, -0.2) is 0 Å². The molecule has 3 aromatic rings. The molecule has 1 N–H and O–H groups in total. The smallest absolute Gasteiger partial charge is 0.310 e. The molecular formula is C32H32ClNO4. The maximum atomic E-state index is 11.4. The molecule has 0 saturated carbocycles. The molecule has 38 heavy (non-hydrogen) atoms. The molecule has 1 heterocycles. The summed E-state index contributed by atoms with van der Waals surface area (Å²) in [6, 6.07) is 21.5. The Morgan fingerprint density at radius 3 is 2.37 bits per heavy atom. The highest BCUT2D eigenvalue weighted by atomic mass is 35.5. The minimum Gasteiger partial charge on any atom is -0.490 e. The fraction of sp³-hybridized carbons (Fsp3) is 0.281. The summed E-state index contributed by atoms with van der Waals surface area (Å²) < 4.78 is 11.4. The van der Waals surface area contributed by atoms with Crippen LogP contribution in [-0.4, -0.2) is 55.4 Å². The minimum atomic E-state index is -0.841. The Morgan fingerprint density at radius 1 is 1.08 bits per heavy atom. The molecule has 196 valence electrons. The number of halogens is 1. The summed E-state index contributed by atoms with van der Waals surface area (Å²) in [6.45, 7) is 8.09. The molecule has 0 spiro atoms. The van der Waals surface area contributed by atoms with Crippen molar-refractivity contribution >= 4 is 23.1 Å². The summed E-state index contributed by atoms with van der Waals surface area (Å²) in [6.07, 6.45) is 2.05. The molecule has 1 unspecified atom stereocenters. The lowest BCUT2D eigenvalue weighted by Gasteiger charge is -2.24. The molecule has 1 fully saturated rings. The number of carboxylic acids is 1. The van der Waals surface area contributed by atoms with E-state index in [1.165, 1.54) is 0 Å². The summed E-state index contributed by atoms with van der Waals surface area (Å²) >= 11 is 6.13. The predicted octanol–water partition coefficient (Wildman–Crippen LogP) is 6.03. The fourth-order valence-electron chi connectivity index (χ4n) is 4.36. The summed E-state index contributed by atoms with van der Waals surface area (Å²) in [5, 5.41) is 10.0. The van der Waals surface area contributed by atoms with Gasteiger partial charge in [-0.3, -0.25) is 9.69 Å². The van der Waals surface area contributed by atoms with E-state index >= 15 is 0 Å². The molecule has 4 rings (SSSR count). The van der Waals surface area contributed by atoms with Crippen molar-refractivity contribution in [3.63, 3.8) is 0 Å². The topological polar surface area (TPSA) is 59.0 Å². The number of hydrogen-bond donors (Lipinski definition) is 1. The average Bonchev–Trinajstić information content (AvgIpc) is 2.93. The highest BCUT2D eigenvalue weighted by Gasteiger charge is 2.16. The van der Waals surface area contributed by atoms with Crippen molar-refractivity contribution in [1.82, 2.24) is 4.90 Å². The molecule has 3 aromatic carbocycles. The van der Waals surface area contributed by atoms with Gasteiger partial charge in [0.25, 0.3) is 0 Å². The molecule has 0 bridgehead atoms. The SMILES string of the molecule is Cc1cc(OCC=C(c2ccc(Cl)cc2)c2ccc(C#CCN3CCOCC3)cc2)ccc1C(C)C(=O)O. The lowest BCUT2D eigenvalue weighted by atomic mass is 9.96. The van der Waals surface area contributed by atoms with E-state index in [0.29, 0.717) is 17.4 Å².